The topological polar surface area (TPSA) is 304 Å². The number of hydrogen-bond acceptors (Lipinski definition) is 18. The summed E-state index contributed by atoms with van der Waals surface area (Å²) < 4.78 is 23.7. The summed E-state index contributed by atoms with van der Waals surface area (Å²) in [5, 5.41) is 113. The lowest BCUT2D eigenvalue weighted by atomic mass is 9.83. The molecule has 18 heteroatoms. The van der Waals surface area contributed by atoms with Gasteiger partial charge in [-0.3, -0.25) is 4.79 Å². The smallest absolute Gasteiger partial charge is 0.308 e. The second-order valence-electron chi connectivity index (χ2n) is 17.7. The van der Waals surface area contributed by atoms with E-state index in [0.717, 1.165) is 0 Å². The highest BCUT2D eigenvalue weighted by Crippen LogP contribution is 2.37. The molecular weight excluding hydrogens is 861 g/mol. The minimum Gasteiger partial charge on any atom is -0.462 e. The summed E-state index contributed by atoms with van der Waals surface area (Å²) in [6, 6.07) is -1.09. The molecule has 3 rings (SSSR count). The molecule has 3 heterocycles. The van der Waals surface area contributed by atoms with Crippen molar-refractivity contribution >= 4 is 12.2 Å². The fraction of sp³-hybridized carbons (Fsp3) is 0.667. The molecule has 66 heavy (non-hydrogen) atoms. The van der Waals surface area contributed by atoms with E-state index in [1.54, 1.807) is 51.2 Å². The van der Waals surface area contributed by atoms with Gasteiger partial charge in [0, 0.05) is 37.5 Å². The van der Waals surface area contributed by atoms with Crippen molar-refractivity contribution in [2.45, 2.75) is 177 Å². The maximum atomic E-state index is 12.6. The lowest BCUT2D eigenvalue weighted by molar-refractivity contribution is -0.304. The summed E-state index contributed by atoms with van der Waals surface area (Å²) in [7, 11) is 1.31. The standard InChI is InChI=1S/C48H76N2O16/c1-29-18-16-14-12-10-8-6-7-9-11-13-15-17-19-36(65-47-46(60)43(49)45(59)32(4)64-47)25-41-37(28-50-62-5)40(56)27-48(61,66-41)26-35(53)23-39(55)38(54)21-20-33(51)22-34(52)24-42(57)63-31(3)30(2)44(29)58/h6-19,28-41,43-47,51-56,58-61H,20-27,49H2,1-5H3/b7-6+,10-8+,11-9+,14-12+,15-13+,18-16+,19-17+,50-28+/t29-,30-,31-,32+,33+,34+,35-,36-,37+,38+,39+,40-,41-,43-,44+,45+,46-,47-,48+/m0/s1. The number of carbonyl (C=O) groups excluding carboxylic acids is 1. The van der Waals surface area contributed by atoms with Gasteiger partial charge in [-0.1, -0.05) is 104 Å². The lowest BCUT2D eigenvalue weighted by Crippen LogP contribution is -2.61. The predicted molar refractivity (Wildman–Crippen MR) is 245 cm³/mol. The number of ether oxygens (including phenoxy) is 4. The predicted octanol–water partition coefficient (Wildman–Crippen LogP) is 1.26. The number of aliphatic hydroxyl groups is 10. The van der Waals surface area contributed by atoms with Crippen molar-refractivity contribution in [2.24, 2.45) is 28.6 Å². The third-order valence-electron chi connectivity index (χ3n) is 12.1. The highest BCUT2D eigenvalue weighted by Gasteiger charge is 2.48. The summed E-state index contributed by atoms with van der Waals surface area (Å²) in [6.07, 6.45) is 7.81. The molecule has 0 aromatic carbocycles. The molecule has 19 atom stereocenters. The number of nitrogens with two attached hydrogens (primary N) is 1. The first-order valence-corrected chi connectivity index (χ1v) is 22.8. The van der Waals surface area contributed by atoms with Crippen LogP contribution in [-0.2, 0) is 28.6 Å². The van der Waals surface area contributed by atoms with E-state index in [1.165, 1.54) is 13.3 Å². The molecule has 2 bridgehead atoms. The quantitative estimate of drug-likeness (QED) is 0.107. The number of carbonyl (C=O) groups is 1. The van der Waals surface area contributed by atoms with Crippen molar-refractivity contribution in [1.82, 2.24) is 0 Å². The molecule has 374 valence electrons. The number of cyclic esters (lactones) is 1. The number of rotatable bonds is 4. The van der Waals surface area contributed by atoms with Crippen molar-refractivity contribution in [1.29, 1.82) is 0 Å². The largest absolute Gasteiger partial charge is 0.462 e. The Hall–Kier alpha value is -3.44. The Bertz CT molecular complexity index is 1670. The Morgan fingerprint density at radius 2 is 1.27 bits per heavy atom. The molecule has 0 aromatic rings. The van der Waals surface area contributed by atoms with E-state index in [0.29, 0.717) is 0 Å². The maximum absolute atomic E-state index is 12.6. The van der Waals surface area contributed by atoms with E-state index >= 15 is 0 Å². The molecule has 2 saturated heterocycles. The molecule has 0 aliphatic carbocycles. The first-order valence-electron chi connectivity index (χ1n) is 22.8. The van der Waals surface area contributed by atoms with Gasteiger partial charge in [-0.2, -0.15) is 0 Å². The Kier molecular flexibility index (Phi) is 24.8. The van der Waals surface area contributed by atoms with E-state index < -0.39 is 135 Å². The highest BCUT2D eigenvalue weighted by molar-refractivity contribution is 5.70. The van der Waals surface area contributed by atoms with Crippen molar-refractivity contribution in [3.05, 3.63) is 85.1 Å². The zero-order chi connectivity index (χ0) is 49.0. The van der Waals surface area contributed by atoms with Crippen LogP contribution >= 0.6 is 0 Å². The minimum atomic E-state index is -2.15. The summed E-state index contributed by atoms with van der Waals surface area (Å²) in [5.41, 5.74) is 6.08. The average Bonchev–Trinajstić information content (AvgIpc) is 3.24. The molecule has 0 unspecified atom stereocenters. The molecule has 0 amide bonds. The number of nitrogens with zero attached hydrogens (tertiary/aromatic N) is 1. The van der Waals surface area contributed by atoms with E-state index in [4.69, 9.17) is 29.5 Å². The van der Waals surface area contributed by atoms with Gasteiger partial charge in [-0.25, -0.2) is 0 Å². The van der Waals surface area contributed by atoms with Crippen LogP contribution < -0.4 is 5.73 Å². The van der Waals surface area contributed by atoms with Crippen LogP contribution in [0.15, 0.2) is 90.2 Å². The van der Waals surface area contributed by atoms with Crippen LogP contribution in [0.1, 0.15) is 79.1 Å². The van der Waals surface area contributed by atoms with Gasteiger partial charge < -0.3 is 80.6 Å². The Balaban J connectivity index is 1.87. The van der Waals surface area contributed by atoms with E-state index in [1.807, 2.05) is 61.6 Å². The van der Waals surface area contributed by atoms with Crippen molar-refractivity contribution in [3.63, 3.8) is 0 Å². The summed E-state index contributed by atoms with van der Waals surface area (Å²) in [4.78, 5) is 17.5. The number of aliphatic hydroxyl groups excluding tert-OH is 9. The molecule has 0 spiro atoms. The van der Waals surface area contributed by atoms with Gasteiger partial charge in [0.1, 0.15) is 19.3 Å². The molecular formula is C48H76N2O16. The second-order valence-corrected chi connectivity index (χ2v) is 17.7. The van der Waals surface area contributed by atoms with Gasteiger partial charge >= 0.3 is 5.97 Å². The molecule has 3 aliphatic heterocycles. The Labute approximate surface area is 388 Å². The fourth-order valence-corrected chi connectivity index (χ4v) is 8.00. The van der Waals surface area contributed by atoms with Crippen molar-refractivity contribution in [2.75, 3.05) is 7.11 Å². The van der Waals surface area contributed by atoms with Gasteiger partial charge in [0.05, 0.1) is 91.7 Å². The summed E-state index contributed by atoms with van der Waals surface area (Å²) >= 11 is 0. The number of allylic oxidation sites excluding steroid dienone is 12. The second kappa shape index (κ2) is 28.8. The highest BCUT2D eigenvalue weighted by atomic mass is 16.7. The Morgan fingerprint density at radius 3 is 1.88 bits per heavy atom. The minimum absolute atomic E-state index is 0.0716. The molecule has 3 aliphatic rings. The average molecular weight is 937 g/mol. The van der Waals surface area contributed by atoms with Gasteiger partial charge in [0.2, 0.25) is 0 Å². The maximum Gasteiger partial charge on any atom is 0.308 e. The molecule has 0 radical (unpaired) electrons. The summed E-state index contributed by atoms with van der Waals surface area (Å²) in [5.74, 6) is -4.44. The molecule has 2 fully saturated rings. The van der Waals surface area contributed by atoms with Gasteiger partial charge in [0.15, 0.2) is 12.1 Å². The number of hydrogen-bond donors (Lipinski definition) is 11. The molecule has 18 nitrogen and oxygen atoms in total. The SMILES string of the molecule is CO/N=C/[C@H]1[C@@H]2C[C@@H](O[C@@H]3O[C@H](C)[C@@H](O)[C@H](N)[C@@H]3O)/C=C/C=C/C=C/C=C/C=C/C=C/C=C/[C@H](C)[C@@H](O)[C@@H](C)[C@H](C)OC(=O)C[C@H](O)C[C@H](O)CC[C@@H](O)[C@H](O)C[C@H](O)C[C@](O)(C[C@@H]1O)O2. The fourth-order valence-electron chi connectivity index (χ4n) is 8.00. The third kappa shape index (κ3) is 19.3. The van der Waals surface area contributed by atoms with Gasteiger partial charge in [-0.15, -0.1) is 0 Å². The zero-order valence-corrected chi connectivity index (χ0v) is 38.7. The van der Waals surface area contributed by atoms with Crippen molar-refractivity contribution < 1.29 is 79.6 Å². The zero-order valence-electron chi connectivity index (χ0n) is 38.7. The first kappa shape index (κ1) is 56.9. The van der Waals surface area contributed by atoms with Crippen molar-refractivity contribution in [3.8, 4) is 0 Å². The molecule has 0 saturated carbocycles. The number of oxime groups is 1. The van der Waals surface area contributed by atoms with Crippen LogP contribution in [0, 0.1) is 17.8 Å². The van der Waals surface area contributed by atoms with Crippen LogP contribution in [0.5, 0.6) is 0 Å². The monoisotopic (exact) mass is 937 g/mol. The van der Waals surface area contributed by atoms with Crippen LogP contribution in [-0.4, -0.2) is 168 Å². The number of esters is 1. The Morgan fingerprint density at radius 1 is 0.682 bits per heavy atom. The van der Waals surface area contributed by atoms with E-state index in [-0.39, 0.29) is 38.0 Å². The van der Waals surface area contributed by atoms with Gasteiger partial charge in [0.25, 0.3) is 0 Å². The van der Waals surface area contributed by atoms with Crippen LogP contribution in [0.25, 0.3) is 0 Å². The van der Waals surface area contributed by atoms with Crippen LogP contribution in [0.4, 0.5) is 0 Å². The first-order chi connectivity index (χ1) is 31.2. The van der Waals surface area contributed by atoms with Gasteiger partial charge in [-0.05, 0) is 33.1 Å². The van der Waals surface area contributed by atoms with Crippen LogP contribution in [0.2, 0.25) is 0 Å². The number of fused-ring (bicyclic) bond motifs is 2. The summed E-state index contributed by atoms with van der Waals surface area (Å²) in [6.45, 7) is 6.83. The van der Waals surface area contributed by atoms with Crippen LogP contribution in [0.3, 0.4) is 0 Å². The van der Waals surface area contributed by atoms with E-state index in [9.17, 15) is 55.9 Å². The van der Waals surface area contributed by atoms with E-state index in [2.05, 4.69) is 5.16 Å². The molecule has 12 N–H and O–H groups in total. The normalized spacial score (nSPS) is 45.1. The third-order valence-corrected chi connectivity index (χ3v) is 12.1. The lowest BCUT2D eigenvalue weighted by Gasteiger charge is -2.45. The molecule has 0 aromatic heterocycles.